The molecule has 0 spiro atoms. The molecule has 0 atom stereocenters. The van der Waals surface area contributed by atoms with Gasteiger partial charge in [-0.2, -0.15) is 8.42 Å². The minimum Gasteiger partial charge on any atom is -0.493 e. The summed E-state index contributed by atoms with van der Waals surface area (Å²) in [4.78, 5) is 12.8. The summed E-state index contributed by atoms with van der Waals surface area (Å²) < 4.78 is 74.1. The fraction of sp³-hybridized carbons (Fsp3) is 0.125. The predicted molar refractivity (Wildman–Crippen MR) is 135 cm³/mol. The first kappa shape index (κ1) is 26.0. The maximum absolute atomic E-state index is 15.5. The first-order valence-electron chi connectivity index (χ1n) is 10.7. The van der Waals surface area contributed by atoms with Gasteiger partial charge in [0, 0.05) is 0 Å². The first-order chi connectivity index (χ1) is 17.3. The van der Waals surface area contributed by atoms with Gasteiger partial charge in [-0.15, -0.1) is 0 Å². The molecule has 0 unspecified atom stereocenters. The number of nitrogens with one attached hydrogen (secondary N) is 2. The molecular weight excluding hydrogens is 525 g/mol. The van der Waals surface area contributed by atoms with Crippen LogP contribution >= 0.6 is 0 Å². The number of nitrogens with zero attached hydrogens (tertiary/aromatic N) is 1. The number of carbonyl (C=O) groups excluding carboxylic acids is 1. The molecule has 0 saturated carbocycles. The fourth-order valence-electron chi connectivity index (χ4n) is 3.71. The number of hydrogen-bond acceptors (Lipinski definition) is 7. The Hall–Kier alpha value is -4.10. The van der Waals surface area contributed by atoms with Crippen LogP contribution in [0.5, 0.6) is 5.75 Å². The normalized spacial score (nSPS) is 14.6. The standard InChI is InChI=1S/C24H22FN3O7S2/c1-15-8-9-20(26-36(2,31)32)18(10-15)11-16-12-19(25)23(28-14-22(29)27-37(28,33)34)21(13-16)35-24(30)17-6-4-3-5-7-17/h3-10,12-14,26-27,29H,11H2,1-2H3. The molecule has 0 aliphatic carbocycles. The van der Waals surface area contributed by atoms with Crippen molar-refractivity contribution in [1.82, 2.24) is 4.72 Å². The van der Waals surface area contributed by atoms with Crippen LogP contribution in [-0.4, -0.2) is 34.2 Å². The van der Waals surface area contributed by atoms with Gasteiger partial charge in [-0.1, -0.05) is 35.9 Å². The first-order valence-corrected chi connectivity index (χ1v) is 14.1. The van der Waals surface area contributed by atoms with Gasteiger partial charge < -0.3 is 9.84 Å². The second kappa shape index (κ2) is 9.75. The number of rotatable bonds is 7. The summed E-state index contributed by atoms with van der Waals surface area (Å²) in [6.07, 6.45) is 1.75. The molecule has 10 nitrogen and oxygen atoms in total. The number of ether oxygens (including phenoxy) is 1. The number of sulfonamides is 1. The average Bonchev–Trinajstić information content (AvgIpc) is 3.06. The van der Waals surface area contributed by atoms with Gasteiger partial charge in [-0.25, -0.2) is 26.6 Å². The Labute approximate surface area is 213 Å². The van der Waals surface area contributed by atoms with Crippen LogP contribution in [0.4, 0.5) is 15.8 Å². The van der Waals surface area contributed by atoms with Gasteiger partial charge in [0.15, 0.2) is 11.6 Å². The van der Waals surface area contributed by atoms with E-state index in [1.807, 2.05) is 4.72 Å². The number of aliphatic hydroxyl groups is 1. The SMILES string of the molecule is Cc1ccc(NS(C)(=O)=O)c(Cc2cc(F)c(N3C=C(O)NS3(=O)=O)c(OC(=O)c3ccccc3)c2)c1. The monoisotopic (exact) mass is 547 g/mol. The van der Waals surface area contributed by atoms with Gasteiger partial charge in [0.1, 0.15) is 5.69 Å². The summed E-state index contributed by atoms with van der Waals surface area (Å²) in [5, 5.41) is 9.68. The minimum absolute atomic E-state index is 0.0126. The summed E-state index contributed by atoms with van der Waals surface area (Å²) in [6, 6.07) is 15.1. The topological polar surface area (TPSA) is 142 Å². The van der Waals surface area contributed by atoms with E-state index in [0.717, 1.165) is 24.1 Å². The molecule has 37 heavy (non-hydrogen) atoms. The lowest BCUT2D eigenvalue weighted by atomic mass is 10.0. The summed E-state index contributed by atoms with van der Waals surface area (Å²) in [5.74, 6) is -3.10. The van der Waals surface area contributed by atoms with Crippen LogP contribution in [0.2, 0.25) is 0 Å². The number of benzene rings is 3. The molecule has 1 aliphatic rings. The van der Waals surface area contributed by atoms with Gasteiger partial charge in [0.2, 0.25) is 15.9 Å². The highest BCUT2D eigenvalue weighted by Crippen LogP contribution is 2.38. The molecule has 3 N–H and O–H groups in total. The van der Waals surface area contributed by atoms with Crippen molar-refractivity contribution in [1.29, 1.82) is 0 Å². The second-order valence-electron chi connectivity index (χ2n) is 8.31. The maximum Gasteiger partial charge on any atom is 0.343 e. The highest BCUT2D eigenvalue weighted by atomic mass is 32.2. The van der Waals surface area contributed by atoms with E-state index in [0.29, 0.717) is 9.87 Å². The lowest BCUT2D eigenvalue weighted by Crippen LogP contribution is -2.30. The number of anilines is 2. The smallest absolute Gasteiger partial charge is 0.343 e. The van der Waals surface area contributed by atoms with Crippen molar-refractivity contribution < 1.29 is 35.9 Å². The Morgan fingerprint density at radius 2 is 1.84 bits per heavy atom. The molecule has 0 aromatic heterocycles. The highest BCUT2D eigenvalue weighted by molar-refractivity contribution is 7.92. The number of carbonyl (C=O) groups is 1. The number of aliphatic hydroxyl groups excluding tert-OH is 1. The summed E-state index contributed by atoms with van der Waals surface area (Å²) in [5.41, 5.74) is 1.38. The van der Waals surface area contributed by atoms with E-state index in [1.165, 1.54) is 18.2 Å². The minimum atomic E-state index is -4.41. The third kappa shape index (κ3) is 6.01. The molecule has 13 heteroatoms. The molecular formula is C24H22FN3O7S2. The maximum atomic E-state index is 15.5. The summed E-state index contributed by atoms with van der Waals surface area (Å²) >= 11 is 0. The van der Waals surface area contributed by atoms with Crippen LogP contribution in [-0.2, 0) is 26.7 Å². The Balaban J connectivity index is 1.81. The van der Waals surface area contributed by atoms with Gasteiger partial charge in [-0.05, 0) is 54.8 Å². The van der Waals surface area contributed by atoms with Crippen molar-refractivity contribution in [2.45, 2.75) is 13.3 Å². The van der Waals surface area contributed by atoms with Crippen LogP contribution in [0, 0.1) is 12.7 Å². The van der Waals surface area contributed by atoms with Crippen molar-refractivity contribution in [2.24, 2.45) is 0 Å². The molecule has 0 bridgehead atoms. The van der Waals surface area contributed by atoms with Crippen LogP contribution in [0.25, 0.3) is 0 Å². The Bertz CT molecular complexity index is 1620. The van der Waals surface area contributed by atoms with E-state index in [2.05, 4.69) is 4.72 Å². The Morgan fingerprint density at radius 1 is 1.14 bits per heavy atom. The van der Waals surface area contributed by atoms with Crippen molar-refractivity contribution >= 4 is 37.6 Å². The Morgan fingerprint density at radius 3 is 2.46 bits per heavy atom. The lowest BCUT2D eigenvalue weighted by Gasteiger charge is -2.20. The van der Waals surface area contributed by atoms with Crippen molar-refractivity contribution in [3.8, 4) is 5.75 Å². The molecule has 3 aromatic rings. The lowest BCUT2D eigenvalue weighted by molar-refractivity contribution is 0.0735. The molecule has 1 heterocycles. The van der Waals surface area contributed by atoms with Crippen LogP contribution < -0.4 is 18.5 Å². The molecule has 3 aromatic carbocycles. The number of esters is 1. The van der Waals surface area contributed by atoms with Crippen LogP contribution in [0.1, 0.15) is 27.0 Å². The number of halogens is 1. The molecule has 0 saturated heterocycles. The zero-order valence-electron chi connectivity index (χ0n) is 19.6. The quantitative estimate of drug-likeness (QED) is 0.304. The highest BCUT2D eigenvalue weighted by Gasteiger charge is 2.34. The summed E-state index contributed by atoms with van der Waals surface area (Å²) in [6.45, 7) is 1.80. The molecule has 4 rings (SSSR count). The molecule has 1 aliphatic heterocycles. The van der Waals surface area contributed by atoms with E-state index in [1.54, 1.807) is 43.3 Å². The van der Waals surface area contributed by atoms with E-state index >= 15 is 4.39 Å². The van der Waals surface area contributed by atoms with Gasteiger partial charge in [0.05, 0.1) is 23.7 Å². The molecule has 0 fully saturated rings. The summed E-state index contributed by atoms with van der Waals surface area (Å²) in [7, 11) is -8.01. The Kier molecular flexibility index (Phi) is 6.84. The van der Waals surface area contributed by atoms with Gasteiger partial charge in [-0.3, -0.25) is 4.72 Å². The second-order valence-corrected chi connectivity index (χ2v) is 11.6. The van der Waals surface area contributed by atoms with E-state index in [-0.39, 0.29) is 23.2 Å². The van der Waals surface area contributed by atoms with E-state index < -0.39 is 49.3 Å². The van der Waals surface area contributed by atoms with Crippen molar-refractivity contribution in [2.75, 3.05) is 15.3 Å². The number of aryl methyl sites for hydroxylation is 1. The van der Waals surface area contributed by atoms with Gasteiger partial charge >= 0.3 is 16.2 Å². The van der Waals surface area contributed by atoms with Crippen LogP contribution in [0.15, 0.2) is 72.7 Å². The van der Waals surface area contributed by atoms with Crippen molar-refractivity contribution in [3.63, 3.8) is 0 Å². The number of hydrogen-bond donors (Lipinski definition) is 3. The largest absolute Gasteiger partial charge is 0.493 e. The molecule has 0 amide bonds. The zero-order valence-corrected chi connectivity index (χ0v) is 21.2. The fourth-order valence-corrected chi connectivity index (χ4v) is 5.38. The van der Waals surface area contributed by atoms with E-state index in [9.17, 15) is 26.7 Å². The third-order valence-corrected chi connectivity index (χ3v) is 7.07. The molecule has 0 radical (unpaired) electrons. The average molecular weight is 548 g/mol. The van der Waals surface area contributed by atoms with Gasteiger partial charge in [0.25, 0.3) is 0 Å². The zero-order chi connectivity index (χ0) is 27.0. The third-order valence-electron chi connectivity index (χ3n) is 5.20. The predicted octanol–water partition coefficient (Wildman–Crippen LogP) is 3.33. The molecule has 194 valence electrons. The van der Waals surface area contributed by atoms with Crippen molar-refractivity contribution in [3.05, 3.63) is 101 Å². The van der Waals surface area contributed by atoms with E-state index in [4.69, 9.17) is 4.74 Å². The van der Waals surface area contributed by atoms with Crippen LogP contribution in [0.3, 0.4) is 0 Å².